The fraction of sp³-hybridized carbons (Fsp3) is 0.158. The van der Waals surface area contributed by atoms with Crippen LogP contribution in [0.2, 0.25) is 0 Å². The normalized spacial score (nSPS) is 12.5. The van der Waals surface area contributed by atoms with Crippen molar-refractivity contribution in [3.8, 4) is 0 Å². The molecule has 2 N–H and O–H groups in total. The van der Waals surface area contributed by atoms with E-state index in [2.05, 4.69) is 24.3 Å². The van der Waals surface area contributed by atoms with Crippen molar-refractivity contribution in [3.63, 3.8) is 0 Å². The van der Waals surface area contributed by atoms with Gasteiger partial charge >= 0.3 is 0 Å². The Hall–Kier alpha value is -2.19. The lowest BCUT2D eigenvalue weighted by Crippen LogP contribution is -2.26. The van der Waals surface area contributed by atoms with Crippen molar-refractivity contribution in [3.05, 3.63) is 83.7 Å². The molecule has 1 nitrogen and oxygen atoms in total. The Bertz CT molecular complexity index is 746. The molecular weight excluding hydrogens is 261 g/mol. The van der Waals surface area contributed by atoms with Crippen LogP contribution in [0.4, 0.5) is 4.39 Å². The summed E-state index contributed by atoms with van der Waals surface area (Å²) < 4.78 is 13.7. The summed E-state index contributed by atoms with van der Waals surface area (Å²) in [6.07, 6.45) is 1.30. The molecule has 0 aliphatic rings. The molecule has 3 aromatic rings. The smallest absolute Gasteiger partial charge is 0.126 e. The first kappa shape index (κ1) is 13.8. The lowest BCUT2D eigenvalue weighted by molar-refractivity contribution is 0.584. The van der Waals surface area contributed by atoms with E-state index in [0.29, 0.717) is 12.0 Å². The second-order valence-electron chi connectivity index (χ2n) is 5.40. The first-order valence-electron chi connectivity index (χ1n) is 7.19. The molecule has 0 amide bonds. The fourth-order valence-electron chi connectivity index (χ4n) is 2.77. The molecule has 3 aromatic carbocycles. The van der Waals surface area contributed by atoms with E-state index >= 15 is 0 Å². The highest BCUT2D eigenvalue weighted by Crippen LogP contribution is 2.20. The molecule has 3 rings (SSSR count). The van der Waals surface area contributed by atoms with Crippen molar-refractivity contribution >= 4 is 10.8 Å². The molecule has 21 heavy (non-hydrogen) atoms. The summed E-state index contributed by atoms with van der Waals surface area (Å²) in [4.78, 5) is 0. The Labute approximate surface area is 124 Å². The molecule has 0 saturated heterocycles. The lowest BCUT2D eigenvalue weighted by atomic mass is 9.95. The Morgan fingerprint density at radius 1 is 0.762 bits per heavy atom. The molecule has 0 fully saturated rings. The molecule has 1 atom stereocenters. The molecule has 0 heterocycles. The standard InChI is InChI=1S/C19H18FN/c20-19-11-4-2-7-16(19)13-17(21)12-15-9-5-8-14-6-1-3-10-18(14)15/h1-11,17H,12-13,21H2. The Morgan fingerprint density at radius 3 is 2.24 bits per heavy atom. The van der Waals surface area contributed by atoms with Crippen molar-refractivity contribution in [2.45, 2.75) is 18.9 Å². The van der Waals surface area contributed by atoms with Crippen LogP contribution in [0.1, 0.15) is 11.1 Å². The van der Waals surface area contributed by atoms with Gasteiger partial charge in [-0.15, -0.1) is 0 Å². The summed E-state index contributed by atoms with van der Waals surface area (Å²) in [7, 11) is 0. The van der Waals surface area contributed by atoms with E-state index in [0.717, 1.165) is 6.42 Å². The number of fused-ring (bicyclic) bond motifs is 1. The summed E-state index contributed by atoms with van der Waals surface area (Å²) in [5, 5.41) is 2.44. The SMILES string of the molecule is NC(Cc1ccccc1F)Cc1cccc2ccccc12. The fourth-order valence-corrected chi connectivity index (χ4v) is 2.77. The van der Waals surface area contributed by atoms with Gasteiger partial charge in [-0.1, -0.05) is 60.7 Å². The third kappa shape index (κ3) is 3.11. The average Bonchev–Trinajstić information content (AvgIpc) is 2.50. The summed E-state index contributed by atoms with van der Waals surface area (Å²) in [6.45, 7) is 0. The van der Waals surface area contributed by atoms with Crippen LogP contribution in [-0.4, -0.2) is 6.04 Å². The second kappa shape index (κ2) is 6.06. The van der Waals surface area contributed by atoms with Gasteiger partial charge in [-0.05, 0) is 40.8 Å². The number of hydrogen-bond donors (Lipinski definition) is 1. The highest BCUT2D eigenvalue weighted by atomic mass is 19.1. The summed E-state index contributed by atoms with van der Waals surface area (Å²) in [5.41, 5.74) is 8.14. The van der Waals surface area contributed by atoms with E-state index < -0.39 is 0 Å². The van der Waals surface area contributed by atoms with Crippen molar-refractivity contribution in [1.29, 1.82) is 0 Å². The number of benzene rings is 3. The van der Waals surface area contributed by atoms with E-state index in [9.17, 15) is 4.39 Å². The van der Waals surface area contributed by atoms with Crippen LogP contribution >= 0.6 is 0 Å². The molecule has 0 radical (unpaired) electrons. The van der Waals surface area contributed by atoms with E-state index in [-0.39, 0.29) is 11.9 Å². The highest BCUT2D eigenvalue weighted by molar-refractivity contribution is 5.85. The lowest BCUT2D eigenvalue weighted by Gasteiger charge is -2.14. The monoisotopic (exact) mass is 279 g/mol. The van der Waals surface area contributed by atoms with Crippen molar-refractivity contribution in [1.82, 2.24) is 0 Å². The largest absolute Gasteiger partial charge is 0.327 e. The van der Waals surface area contributed by atoms with Crippen LogP contribution in [0.15, 0.2) is 66.7 Å². The molecular formula is C19H18FN. The summed E-state index contributed by atoms with van der Waals surface area (Å²) in [6, 6.07) is 21.3. The first-order chi connectivity index (χ1) is 10.2. The van der Waals surface area contributed by atoms with Gasteiger partial charge in [0.05, 0.1) is 0 Å². The molecule has 0 bridgehead atoms. The van der Waals surface area contributed by atoms with Crippen LogP contribution in [0, 0.1) is 5.82 Å². The van der Waals surface area contributed by atoms with Crippen LogP contribution in [0.5, 0.6) is 0 Å². The van der Waals surface area contributed by atoms with Crippen LogP contribution < -0.4 is 5.73 Å². The van der Waals surface area contributed by atoms with Crippen LogP contribution in [0.25, 0.3) is 10.8 Å². The van der Waals surface area contributed by atoms with Crippen molar-refractivity contribution < 1.29 is 4.39 Å². The summed E-state index contributed by atoms with van der Waals surface area (Å²) >= 11 is 0. The molecule has 106 valence electrons. The zero-order valence-electron chi connectivity index (χ0n) is 11.8. The highest BCUT2D eigenvalue weighted by Gasteiger charge is 2.10. The molecule has 0 aliphatic heterocycles. The minimum absolute atomic E-state index is 0.0901. The van der Waals surface area contributed by atoms with Gasteiger partial charge in [-0.25, -0.2) is 4.39 Å². The van der Waals surface area contributed by atoms with Crippen LogP contribution in [-0.2, 0) is 12.8 Å². The van der Waals surface area contributed by atoms with Gasteiger partial charge in [0.2, 0.25) is 0 Å². The van der Waals surface area contributed by atoms with Crippen molar-refractivity contribution in [2.24, 2.45) is 5.73 Å². The zero-order valence-corrected chi connectivity index (χ0v) is 11.8. The molecule has 2 heteroatoms. The van der Waals surface area contributed by atoms with Gasteiger partial charge in [0, 0.05) is 6.04 Å². The van der Waals surface area contributed by atoms with E-state index in [4.69, 9.17) is 5.73 Å². The number of rotatable bonds is 4. The molecule has 0 aromatic heterocycles. The minimum Gasteiger partial charge on any atom is -0.327 e. The van der Waals surface area contributed by atoms with E-state index in [1.165, 1.54) is 22.4 Å². The van der Waals surface area contributed by atoms with Gasteiger partial charge in [-0.2, -0.15) is 0 Å². The van der Waals surface area contributed by atoms with Crippen LogP contribution in [0.3, 0.4) is 0 Å². The number of nitrogens with two attached hydrogens (primary N) is 1. The summed E-state index contributed by atoms with van der Waals surface area (Å²) in [5.74, 6) is -0.175. The third-order valence-corrected chi connectivity index (χ3v) is 3.80. The maximum absolute atomic E-state index is 13.7. The number of halogens is 1. The Morgan fingerprint density at radius 2 is 1.38 bits per heavy atom. The first-order valence-corrected chi connectivity index (χ1v) is 7.19. The predicted octanol–water partition coefficient (Wildman–Crippen LogP) is 4.09. The van der Waals surface area contributed by atoms with Gasteiger partial charge < -0.3 is 5.73 Å². The quantitative estimate of drug-likeness (QED) is 0.764. The minimum atomic E-state index is -0.175. The average molecular weight is 279 g/mol. The second-order valence-corrected chi connectivity index (χ2v) is 5.40. The van der Waals surface area contributed by atoms with Gasteiger partial charge in [0.15, 0.2) is 0 Å². The van der Waals surface area contributed by atoms with Crippen molar-refractivity contribution in [2.75, 3.05) is 0 Å². The van der Waals surface area contributed by atoms with E-state index in [1.807, 2.05) is 24.3 Å². The zero-order chi connectivity index (χ0) is 14.7. The maximum atomic E-state index is 13.7. The van der Waals surface area contributed by atoms with E-state index in [1.54, 1.807) is 12.1 Å². The van der Waals surface area contributed by atoms with Gasteiger partial charge in [-0.3, -0.25) is 0 Å². The topological polar surface area (TPSA) is 26.0 Å². The predicted molar refractivity (Wildman–Crippen MR) is 85.7 cm³/mol. The Balaban J connectivity index is 1.81. The van der Waals surface area contributed by atoms with Gasteiger partial charge in [0.1, 0.15) is 5.82 Å². The molecule has 1 unspecified atom stereocenters. The molecule has 0 spiro atoms. The molecule has 0 aliphatic carbocycles. The molecule has 0 saturated carbocycles. The number of hydrogen-bond acceptors (Lipinski definition) is 1. The van der Waals surface area contributed by atoms with Gasteiger partial charge in [0.25, 0.3) is 0 Å². The maximum Gasteiger partial charge on any atom is 0.126 e. The third-order valence-electron chi connectivity index (χ3n) is 3.80. The Kier molecular flexibility index (Phi) is 3.98.